The maximum absolute atomic E-state index is 11.7. The van der Waals surface area contributed by atoms with Crippen molar-refractivity contribution in [2.45, 2.75) is 19.4 Å². The van der Waals surface area contributed by atoms with Crippen molar-refractivity contribution >= 4 is 6.16 Å². The Hall–Kier alpha value is -1.08. The van der Waals surface area contributed by atoms with E-state index in [-0.39, 0.29) is 6.92 Å². The van der Waals surface area contributed by atoms with Gasteiger partial charge in [0, 0.05) is 6.92 Å². The van der Waals surface area contributed by atoms with E-state index >= 15 is 0 Å². The smallest absolute Gasteiger partial charge is 0.368 e. The van der Waals surface area contributed by atoms with Crippen LogP contribution in [0.4, 0.5) is 26.7 Å². The van der Waals surface area contributed by atoms with Gasteiger partial charge in [-0.1, -0.05) is 0 Å². The van der Waals surface area contributed by atoms with Gasteiger partial charge in [0.25, 0.3) is 0 Å². The van der Waals surface area contributed by atoms with Crippen molar-refractivity contribution in [3.8, 4) is 0 Å². The predicted octanol–water partition coefficient (Wildman–Crippen LogP) is 2.27. The fourth-order valence-electron chi connectivity index (χ4n) is 0.262. The van der Waals surface area contributed by atoms with Crippen molar-refractivity contribution in [1.29, 1.82) is 0 Å². The standard InChI is InChI=1S/C4H3F5O3/c1-3(5,6)11-2(10)12-4(7,8)9/h1H3. The van der Waals surface area contributed by atoms with Gasteiger partial charge in [0.1, 0.15) is 0 Å². The van der Waals surface area contributed by atoms with Gasteiger partial charge in [0.05, 0.1) is 0 Å². The quantitative estimate of drug-likeness (QED) is 0.474. The molecule has 0 radical (unpaired) electrons. The zero-order valence-corrected chi connectivity index (χ0v) is 5.61. The number of rotatable bonds is 1. The van der Waals surface area contributed by atoms with Gasteiger partial charge in [-0.05, 0) is 0 Å². The van der Waals surface area contributed by atoms with Gasteiger partial charge in [0.15, 0.2) is 0 Å². The molecular weight excluding hydrogens is 191 g/mol. The second kappa shape index (κ2) is 3.11. The molecule has 0 amide bonds. The molecule has 0 aliphatic rings. The summed E-state index contributed by atoms with van der Waals surface area (Å²) in [5.41, 5.74) is 0. The minimum Gasteiger partial charge on any atom is -0.368 e. The average molecular weight is 194 g/mol. The highest BCUT2D eigenvalue weighted by Crippen LogP contribution is 2.20. The first-order chi connectivity index (χ1) is 5.10. The van der Waals surface area contributed by atoms with E-state index in [4.69, 9.17) is 0 Å². The highest BCUT2D eigenvalue weighted by molar-refractivity contribution is 5.60. The summed E-state index contributed by atoms with van der Waals surface area (Å²) in [6, 6.07) is 0. The third kappa shape index (κ3) is 7.03. The van der Waals surface area contributed by atoms with Crippen LogP contribution in [0, 0.1) is 0 Å². The lowest BCUT2D eigenvalue weighted by molar-refractivity contribution is -0.312. The molecule has 8 heteroatoms. The van der Waals surface area contributed by atoms with Crippen molar-refractivity contribution < 1.29 is 36.2 Å². The summed E-state index contributed by atoms with van der Waals surface area (Å²) in [6.07, 6.45) is -11.8. The lowest BCUT2D eigenvalue weighted by atomic mass is 10.7. The largest absolute Gasteiger partial charge is 0.577 e. The fraction of sp³-hybridized carbons (Fsp3) is 0.750. The van der Waals surface area contributed by atoms with Crippen molar-refractivity contribution in [2.24, 2.45) is 0 Å². The van der Waals surface area contributed by atoms with Gasteiger partial charge in [-0.2, -0.15) is 8.78 Å². The Bertz CT molecular complexity index is 151. The number of hydrogen-bond donors (Lipinski definition) is 0. The number of carbonyl (C=O) groups is 1. The van der Waals surface area contributed by atoms with Crippen LogP contribution in [0.25, 0.3) is 0 Å². The molecule has 0 aromatic heterocycles. The van der Waals surface area contributed by atoms with E-state index in [0.29, 0.717) is 0 Å². The van der Waals surface area contributed by atoms with Crippen LogP contribution in [0.3, 0.4) is 0 Å². The summed E-state index contributed by atoms with van der Waals surface area (Å²) < 4.78 is 62.0. The van der Waals surface area contributed by atoms with E-state index in [1.165, 1.54) is 0 Å². The molecule has 0 saturated heterocycles. The summed E-state index contributed by atoms with van der Waals surface area (Å²) >= 11 is 0. The first-order valence-corrected chi connectivity index (χ1v) is 2.47. The van der Waals surface area contributed by atoms with E-state index in [1.807, 2.05) is 0 Å². The average Bonchev–Trinajstić information content (AvgIpc) is 1.49. The van der Waals surface area contributed by atoms with E-state index in [2.05, 4.69) is 9.47 Å². The molecule has 0 unspecified atom stereocenters. The van der Waals surface area contributed by atoms with Gasteiger partial charge in [0.2, 0.25) is 0 Å². The Kier molecular flexibility index (Phi) is 2.83. The van der Waals surface area contributed by atoms with Gasteiger partial charge >= 0.3 is 18.6 Å². The number of ether oxygens (including phenoxy) is 2. The first kappa shape index (κ1) is 10.9. The normalized spacial score (nSPS) is 12.5. The Morgan fingerprint density at radius 3 is 1.75 bits per heavy atom. The Morgan fingerprint density at radius 2 is 1.50 bits per heavy atom. The monoisotopic (exact) mass is 194 g/mol. The number of alkyl halides is 5. The zero-order chi connectivity index (χ0) is 9.99. The second-order valence-electron chi connectivity index (χ2n) is 1.71. The predicted molar refractivity (Wildman–Crippen MR) is 24.2 cm³/mol. The van der Waals surface area contributed by atoms with Crippen LogP contribution < -0.4 is 0 Å². The molecule has 0 aliphatic carbocycles. The summed E-state index contributed by atoms with van der Waals surface area (Å²) in [5, 5.41) is 0. The van der Waals surface area contributed by atoms with Crippen molar-refractivity contribution in [1.82, 2.24) is 0 Å². The third-order valence-electron chi connectivity index (χ3n) is 0.462. The van der Waals surface area contributed by atoms with Gasteiger partial charge in [-0.25, -0.2) is 4.79 Å². The van der Waals surface area contributed by atoms with Gasteiger partial charge in [-0.15, -0.1) is 13.2 Å². The molecule has 3 nitrogen and oxygen atoms in total. The number of carbonyl (C=O) groups excluding carboxylic acids is 1. The Labute approximate surface area is 63.1 Å². The van der Waals surface area contributed by atoms with E-state index in [1.54, 1.807) is 0 Å². The van der Waals surface area contributed by atoms with Crippen LogP contribution >= 0.6 is 0 Å². The van der Waals surface area contributed by atoms with Crippen molar-refractivity contribution in [3.05, 3.63) is 0 Å². The summed E-state index contributed by atoms with van der Waals surface area (Å²) in [6.45, 7) is 0.102. The Balaban J connectivity index is 3.92. The highest BCUT2D eigenvalue weighted by Gasteiger charge is 2.38. The summed E-state index contributed by atoms with van der Waals surface area (Å²) in [4.78, 5) is 9.83. The molecule has 0 atom stereocenters. The molecule has 0 rings (SSSR count). The Morgan fingerprint density at radius 1 is 1.08 bits per heavy atom. The van der Waals surface area contributed by atoms with Crippen LogP contribution in [0.1, 0.15) is 6.92 Å². The minimum atomic E-state index is -5.32. The molecule has 0 bridgehead atoms. The molecule has 0 aromatic rings. The first-order valence-electron chi connectivity index (χ1n) is 2.47. The third-order valence-corrected chi connectivity index (χ3v) is 0.462. The SMILES string of the molecule is CC(F)(F)OC(=O)OC(F)(F)F. The molecule has 0 aromatic carbocycles. The highest BCUT2D eigenvalue weighted by atomic mass is 19.4. The van der Waals surface area contributed by atoms with Crippen molar-refractivity contribution in [3.63, 3.8) is 0 Å². The lowest BCUT2D eigenvalue weighted by Gasteiger charge is -2.11. The van der Waals surface area contributed by atoms with Gasteiger partial charge < -0.3 is 9.47 Å². The molecule has 0 aliphatic heterocycles. The zero-order valence-electron chi connectivity index (χ0n) is 5.61. The van der Waals surface area contributed by atoms with Crippen LogP contribution in [0.5, 0.6) is 0 Å². The fourth-order valence-corrected chi connectivity index (χ4v) is 0.262. The minimum absolute atomic E-state index is 0.102. The lowest BCUT2D eigenvalue weighted by Crippen LogP contribution is -2.26. The van der Waals surface area contributed by atoms with E-state index < -0.39 is 18.6 Å². The van der Waals surface area contributed by atoms with Crippen LogP contribution in [0.15, 0.2) is 0 Å². The van der Waals surface area contributed by atoms with E-state index in [9.17, 15) is 26.7 Å². The molecule has 72 valence electrons. The molecule has 0 N–H and O–H groups in total. The maximum Gasteiger partial charge on any atom is 0.577 e. The van der Waals surface area contributed by atoms with Crippen LogP contribution in [0.2, 0.25) is 0 Å². The number of halogens is 5. The summed E-state index contributed by atoms with van der Waals surface area (Å²) in [5.74, 6) is 0. The molecule has 0 heterocycles. The van der Waals surface area contributed by atoms with Crippen molar-refractivity contribution in [2.75, 3.05) is 0 Å². The molecule has 12 heavy (non-hydrogen) atoms. The van der Waals surface area contributed by atoms with Gasteiger partial charge in [-0.3, -0.25) is 0 Å². The molecule has 0 fully saturated rings. The van der Waals surface area contributed by atoms with Crippen LogP contribution in [-0.4, -0.2) is 18.6 Å². The topological polar surface area (TPSA) is 35.5 Å². The molecule has 0 spiro atoms. The molecular formula is C4H3F5O3. The van der Waals surface area contributed by atoms with Crippen LogP contribution in [-0.2, 0) is 9.47 Å². The maximum atomic E-state index is 11.7. The number of hydrogen-bond acceptors (Lipinski definition) is 3. The second-order valence-corrected chi connectivity index (χ2v) is 1.71. The van der Waals surface area contributed by atoms with E-state index in [0.717, 1.165) is 0 Å². The molecule has 0 saturated carbocycles. The summed E-state index contributed by atoms with van der Waals surface area (Å²) in [7, 11) is 0.